The third-order valence-corrected chi connectivity index (χ3v) is 10.0. The summed E-state index contributed by atoms with van der Waals surface area (Å²) in [4.78, 5) is 15.8. The van der Waals surface area contributed by atoms with Crippen LogP contribution in [0.5, 0.6) is 0 Å². The van der Waals surface area contributed by atoms with Crippen molar-refractivity contribution in [3.05, 3.63) is 188 Å². The van der Waals surface area contributed by atoms with E-state index in [2.05, 4.69) is 170 Å². The van der Waals surface area contributed by atoms with Crippen LogP contribution in [0, 0.1) is 0 Å². The van der Waals surface area contributed by atoms with Gasteiger partial charge in [-0.05, 0) is 46.5 Å². The average Bonchev–Trinajstić information content (AvgIpc) is 3.23. The van der Waals surface area contributed by atoms with Crippen molar-refractivity contribution in [3.8, 4) is 56.0 Å². The largest absolute Gasteiger partial charge is 0.247 e. The van der Waals surface area contributed by atoms with Crippen LogP contribution in [-0.2, 0) is 0 Å². The number of pyridine rings is 3. The van der Waals surface area contributed by atoms with Crippen LogP contribution in [-0.4, -0.2) is 15.0 Å². The molecule has 0 bridgehead atoms. The topological polar surface area (TPSA) is 38.7 Å². The number of aromatic nitrogens is 3. The fourth-order valence-corrected chi connectivity index (χ4v) is 7.47. The Balaban J connectivity index is 1.18. The van der Waals surface area contributed by atoms with Crippen molar-refractivity contribution in [1.29, 1.82) is 0 Å². The lowest BCUT2D eigenvalue weighted by atomic mass is 9.91. The second-order valence-electron chi connectivity index (χ2n) is 13.2. The van der Waals surface area contributed by atoms with Gasteiger partial charge in [0.05, 0.1) is 33.6 Å². The second-order valence-corrected chi connectivity index (χ2v) is 13.2. The predicted molar refractivity (Wildman–Crippen MR) is 217 cm³/mol. The number of fused-ring (bicyclic) bond motifs is 6. The van der Waals surface area contributed by atoms with Crippen LogP contribution in [0.15, 0.2) is 188 Å². The first-order chi connectivity index (χ1) is 25.8. The van der Waals surface area contributed by atoms with Crippen LogP contribution >= 0.6 is 0 Å². The molecule has 0 amide bonds. The summed E-state index contributed by atoms with van der Waals surface area (Å²) in [5.41, 5.74) is 13.5. The van der Waals surface area contributed by atoms with E-state index in [0.29, 0.717) is 0 Å². The Kier molecular flexibility index (Phi) is 7.14. The lowest BCUT2D eigenvalue weighted by molar-refractivity contribution is 1.36. The molecule has 0 aliphatic rings. The van der Waals surface area contributed by atoms with Crippen molar-refractivity contribution in [1.82, 2.24) is 15.0 Å². The molecule has 0 unspecified atom stereocenters. The van der Waals surface area contributed by atoms with Crippen molar-refractivity contribution < 1.29 is 0 Å². The molecule has 10 aromatic rings. The Labute approximate surface area is 301 Å². The summed E-state index contributed by atoms with van der Waals surface area (Å²) in [5, 5.41) is 5.56. The number of benzene rings is 7. The third kappa shape index (κ3) is 5.19. The van der Waals surface area contributed by atoms with Gasteiger partial charge in [0.25, 0.3) is 0 Å². The van der Waals surface area contributed by atoms with Gasteiger partial charge in [0.1, 0.15) is 0 Å². The Hall–Kier alpha value is -6.97. The van der Waals surface area contributed by atoms with Gasteiger partial charge < -0.3 is 0 Å². The summed E-state index contributed by atoms with van der Waals surface area (Å²) in [6.45, 7) is 0. The van der Waals surface area contributed by atoms with E-state index in [-0.39, 0.29) is 0 Å². The molecule has 0 N–H and O–H groups in total. The lowest BCUT2D eigenvalue weighted by Gasteiger charge is -2.16. The molecule has 7 aromatic carbocycles. The highest BCUT2D eigenvalue weighted by Gasteiger charge is 2.16. The number of rotatable bonds is 5. The van der Waals surface area contributed by atoms with Gasteiger partial charge in [0.15, 0.2) is 0 Å². The maximum Gasteiger partial charge on any atom is 0.0972 e. The summed E-state index contributed by atoms with van der Waals surface area (Å²) >= 11 is 0. The summed E-state index contributed by atoms with van der Waals surface area (Å²) in [6, 6.07) is 66.2. The molecule has 3 aromatic heterocycles. The Morgan fingerprint density at radius 2 is 0.865 bits per heavy atom. The van der Waals surface area contributed by atoms with Crippen LogP contribution in [0.3, 0.4) is 0 Å². The molecule has 0 fully saturated rings. The zero-order valence-corrected chi connectivity index (χ0v) is 28.2. The average molecular weight is 662 g/mol. The zero-order valence-electron chi connectivity index (χ0n) is 28.2. The smallest absolute Gasteiger partial charge is 0.0972 e. The molecule has 3 heterocycles. The minimum atomic E-state index is 0.890. The minimum absolute atomic E-state index is 0.890. The standard InChI is InChI=1S/C49H31N3/c1-4-12-32(13-5-1)37-18-10-19-38(30-37)40-20-11-21-42-46(40)41-27-24-39(31-45(41)52-47(42)34-16-8-3-9-17-34)44-29-26-36-23-22-35-25-28-43(33-14-6-2-7-15-33)50-48(35)49(36)51-44/h1-31H. The number of hydrogen-bond acceptors (Lipinski definition) is 3. The molecular formula is C49H31N3. The van der Waals surface area contributed by atoms with E-state index < -0.39 is 0 Å². The minimum Gasteiger partial charge on any atom is -0.247 e. The van der Waals surface area contributed by atoms with Gasteiger partial charge in [-0.25, -0.2) is 15.0 Å². The summed E-state index contributed by atoms with van der Waals surface area (Å²) in [7, 11) is 0. The first kappa shape index (κ1) is 29.9. The van der Waals surface area contributed by atoms with E-state index in [1.165, 1.54) is 27.6 Å². The quantitative estimate of drug-likeness (QED) is 0.172. The highest BCUT2D eigenvalue weighted by atomic mass is 14.8. The SMILES string of the molecule is c1ccc(-c2cccc(-c3cccc4c(-c5ccccc5)nc5cc(-c6ccc7ccc8ccc(-c9ccccc9)nc8c7n6)ccc5c34)c2)cc1. The van der Waals surface area contributed by atoms with Crippen LogP contribution in [0.25, 0.3) is 99.5 Å². The van der Waals surface area contributed by atoms with Gasteiger partial charge >= 0.3 is 0 Å². The molecule has 0 radical (unpaired) electrons. The van der Waals surface area contributed by atoms with Crippen molar-refractivity contribution in [2.75, 3.05) is 0 Å². The molecule has 10 rings (SSSR count). The van der Waals surface area contributed by atoms with Gasteiger partial charge in [-0.3, -0.25) is 0 Å². The van der Waals surface area contributed by atoms with E-state index >= 15 is 0 Å². The van der Waals surface area contributed by atoms with E-state index in [1.54, 1.807) is 0 Å². The Morgan fingerprint density at radius 1 is 0.308 bits per heavy atom. The Bertz CT molecular complexity index is 2940. The molecular weight excluding hydrogens is 631 g/mol. The fourth-order valence-electron chi connectivity index (χ4n) is 7.47. The predicted octanol–water partition coefficient (Wildman–Crippen LogP) is 12.8. The van der Waals surface area contributed by atoms with E-state index in [0.717, 1.165) is 71.9 Å². The van der Waals surface area contributed by atoms with E-state index in [9.17, 15) is 0 Å². The lowest BCUT2D eigenvalue weighted by Crippen LogP contribution is -1.94. The van der Waals surface area contributed by atoms with Crippen LogP contribution in [0.1, 0.15) is 0 Å². The summed E-state index contributed by atoms with van der Waals surface area (Å²) < 4.78 is 0. The highest BCUT2D eigenvalue weighted by molar-refractivity contribution is 6.17. The van der Waals surface area contributed by atoms with Gasteiger partial charge in [-0.2, -0.15) is 0 Å². The summed E-state index contributed by atoms with van der Waals surface area (Å²) in [5.74, 6) is 0. The highest BCUT2D eigenvalue weighted by Crippen LogP contribution is 2.40. The van der Waals surface area contributed by atoms with Gasteiger partial charge in [-0.15, -0.1) is 0 Å². The maximum atomic E-state index is 5.38. The molecule has 3 nitrogen and oxygen atoms in total. The zero-order chi connectivity index (χ0) is 34.4. The number of nitrogens with zero attached hydrogens (tertiary/aromatic N) is 3. The normalized spacial score (nSPS) is 11.5. The van der Waals surface area contributed by atoms with Crippen molar-refractivity contribution in [2.45, 2.75) is 0 Å². The summed E-state index contributed by atoms with van der Waals surface area (Å²) in [6.07, 6.45) is 0. The molecule has 3 heteroatoms. The van der Waals surface area contributed by atoms with E-state index in [4.69, 9.17) is 15.0 Å². The molecule has 0 saturated carbocycles. The molecule has 0 aliphatic heterocycles. The molecule has 242 valence electrons. The molecule has 0 saturated heterocycles. The van der Waals surface area contributed by atoms with Gasteiger partial charge in [0.2, 0.25) is 0 Å². The van der Waals surface area contributed by atoms with Crippen LogP contribution < -0.4 is 0 Å². The first-order valence-electron chi connectivity index (χ1n) is 17.6. The monoisotopic (exact) mass is 661 g/mol. The van der Waals surface area contributed by atoms with Gasteiger partial charge in [-0.1, -0.05) is 164 Å². The van der Waals surface area contributed by atoms with Crippen molar-refractivity contribution in [3.63, 3.8) is 0 Å². The molecule has 52 heavy (non-hydrogen) atoms. The van der Waals surface area contributed by atoms with Crippen LogP contribution in [0.4, 0.5) is 0 Å². The fraction of sp³-hybridized carbons (Fsp3) is 0. The molecule has 0 spiro atoms. The van der Waals surface area contributed by atoms with E-state index in [1.807, 2.05) is 18.2 Å². The van der Waals surface area contributed by atoms with Crippen molar-refractivity contribution in [2.24, 2.45) is 0 Å². The molecule has 0 atom stereocenters. The second kappa shape index (κ2) is 12.4. The maximum absolute atomic E-state index is 5.38. The van der Waals surface area contributed by atoms with Gasteiger partial charge in [0, 0.05) is 43.6 Å². The molecule has 0 aliphatic carbocycles. The Morgan fingerprint density at radius 3 is 1.56 bits per heavy atom. The first-order valence-corrected chi connectivity index (χ1v) is 17.6. The van der Waals surface area contributed by atoms with Crippen molar-refractivity contribution >= 4 is 43.5 Å². The van der Waals surface area contributed by atoms with Crippen LogP contribution in [0.2, 0.25) is 0 Å². The number of hydrogen-bond donors (Lipinski definition) is 0. The third-order valence-electron chi connectivity index (χ3n) is 10.0.